The number of hydrogen-bond acceptors (Lipinski definition) is 5. The molecular formula is C27H26N2O5. The lowest BCUT2D eigenvalue weighted by molar-refractivity contribution is -0.383. The van der Waals surface area contributed by atoms with Crippen LogP contribution in [0.5, 0.6) is 11.5 Å². The number of para-hydroxylation sites is 1. The second kappa shape index (κ2) is 9.19. The molecule has 1 aliphatic rings. The molecule has 0 spiro atoms. The fourth-order valence-corrected chi connectivity index (χ4v) is 4.34. The van der Waals surface area contributed by atoms with E-state index in [0.717, 1.165) is 28.0 Å². The fraction of sp³-hybridized carbons (Fsp3) is 0.259. The highest BCUT2D eigenvalue weighted by atomic mass is 16.6. The summed E-state index contributed by atoms with van der Waals surface area (Å²) in [5.41, 5.74) is 2.91. The smallest absolute Gasteiger partial charge is 0.293 e. The number of ether oxygens (including phenoxy) is 3. The van der Waals surface area contributed by atoms with E-state index in [9.17, 15) is 10.1 Å². The Balaban J connectivity index is 1.42. The first-order chi connectivity index (χ1) is 16.5. The molecule has 0 amide bonds. The second-order valence-corrected chi connectivity index (χ2v) is 8.65. The number of non-ortho nitro benzene ring substituents is 1. The number of nitro benzene ring substituents is 1. The van der Waals surface area contributed by atoms with Crippen molar-refractivity contribution in [3.05, 3.63) is 100 Å². The molecule has 34 heavy (non-hydrogen) atoms. The van der Waals surface area contributed by atoms with Gasteiger partial charge in [-0.3, -0.25) is 10.1 Å². The topological polar surface area (TPSA) is 75.8 Å². The summed E-state index contributed by atoms with van der Waals surface area (Å²) in [7, 11) is 0. The Labute approximate surface area is 197 Å². The monoisotopic (exact) mass is 458 g/mol. The van der Waals surface area contributed by atoms with E-state index in [2.05, 4.69) is 0 Å². The summed E-state index contributed by atoms with van der Waals surface area (Å²) < 4.78 is 20.6. The molecule has 5 rings (SSSR count). The number of nitro groups is 1. The molecular weight excluding hydrogens is 432 g/mol. The van der Waals surface area contributed by atoms with E-state index in [0.29, 0.717) is 18.5 Å². The molecule has 0 saturated carbocycles. The van der Waals surface area contributed by atoms with Gasteiger partial charge in [-0.2, -0.15) is 0 Å². The quantitative estimate of drug-likeness (QED) is 0.252. The molecule has 1 aliphatic heterocycles. The number of aryl methyl sites for hydroxylation is 2. The number of benzene rings is 3. The lowest BCUT2D eigenvalue weighted by Gasteiger charge is -2.20. The van der Waals surface area contributed by atoms with Crippen molar-refractivity contribution in [3.8, 4) is 11.5 Å². The zero-order valence-electron chi connectivity index (χ0n) is 19.1. The van der Waals surface area contributed by atoms with Gasteiger partial charge in [0.1, 0.15) is 42.1 Å². The third-order valence-corrected chi connectivity index (χ3v) is 6.15. The maximum atomic E-state index is 11.7. The number of fused-ring (bicyclic) bond motifs is 1. The summed E-state index contributed by atoms with van der Waals surface area (Å²) in [4.78, 5) is 11.3. The minimum absolute atomic E-state index is 0.0569. The average Bonchev–Trinajstić information content (AvgIpc) is 3.44. The molecule has 7 heteroatoms. The minimum Gasteiger partial charge on any atom is -0.491 e. The molecule has 2 heterocycles. The van der Waals surface area contributed by atoms with Crippen molar-refractivity contribution in [1.29, 1.82) is 0 Å². The van der Waals surface area contributed by atoms with E-state index in [4.69, 9.17) is 14.2 Å². The Morgan fingerprint density at radius 2 is 1.65 bits per heavy atom. The minimum atomic E-state index is -0.416. The second-order valence-electron chi connectivity index (χ2n) is 8.65. The molecule has 0 unspecified atom stereocenters. The van der Waals surface area contributed by atoms with Gasteiger partial charge >= 0.3 is 0 Å². The molecule has 1 saturated heterocycles. The molecule has 1 fully saturated rings. The van der Waals surface area contributed by atoms with Crippen LogP contribution in [0, 0.1) is 24.0 Å². The van der Waals surface area contributed by atoms with Crippen molar-refractivity contribution in [2.24, 2.45) is 0 Å². The number of hydrogen-bond donors (Lipinski definition) is 0. The van der Waals surface area contributed by atoms with Crippen LogP contribution in [0.25, 0.3) is 10.9 Å². The molecule has 174 valence electrons. The van der Waals surface area contributed by atoms with Crippen molar-refractivity contribution in [1.82, 2.24) is 4.57 Å². The Bertz CT molecular complexity index is 1300. The first kappa shape index (κ1) is 22.0. The lowest BCUT2D eigenvalue weighted by atomic mass is 10.1. The number of nitrogens with zero attached hydrogens (tertiary/aromatic N) is 2. The predicted octanol–water partition coefficient (Wildman–Crippen LogP) is 5.98. The standard InChI is InChI=1S/C27H26N2O5/c1-18-6-10-21(11-7-18)32-17-25-24(33-22-12-8-19(2)9-13-22)16-26(34-25)28-15-14-20-4-3-5-23(27(20)28)29(30)31/h3-15,24-26H,16-17H2,1-2H3/t24-,25+,26+/m0/s1. The third kappa shape index (κ3) is 4.47. The highest BCUT2D eigenvalue weighted by molar-refractivity contribution is 5.88. The van der Waals surface area contributed by atoms with Gasteiger partial charge in [0, 0.05) is 24.1 Å². The molecule has 0 radical (unpaired) electrons. The van der Waals surface area contributed by atoms with Gasteiger partial charge in [0.25, 0.3) is 5.69 Å². The summed E-state index contributed by atoms with van der Waals surface area (Å²) in [6.45, 7) is 4.36. The first-order valence-corrected chi connectivity index (χ1v) is 11.3. The molecule has 1 aromatic heterocycles. The third-order valence-electron chi connectivity index (χ3n) is 6.15. The molecule has 3 atom stereocenters. The van der Waals surface area contributed by atoms with E-state index in [1.165, 1.54) is 6.07 Å². The van der Waals surface area contributed by atoms with E-state index >= 15 is 0 Å². The molecule has 7 nitrogen and oxygen atoms in total. The Hall–Kier alpha value is -3.84. The largest absolute Gasteiger partial charge is 0.491 e. The van der Waals surface area contributed by atoms with Crippen LogP contribution >= 0.6 is 0 Å². The van der Waals surface area contributed by atoms with Crippen molar-refractivity contribution >= 4 is 16.6 Å². The van der Waals surface area contributed by atoms with Crippen LogP contribution in [0.2, 0.25) is 0 Å². The van der Waals surface area contributed by atoms with Gasteiger partial charge in [0.2, 0.25) is 0 Å². The van der Waals surface area contributed by atoms with E-state index in [1.807, 2.05) is 85.3 Å². The molecule has 3 aromatic carbocycles. The summed E-state index contributed by atoms with van der Waals surface area (Å²) in [5, 5.41) is 12.5. The van der Waals surface area contributed by atoms with Crippen molar-refractivity contribution < 1.29 is 19.1 Å². The fourth-order valence-electron chi connectivity index (χ4n) is 4.34. The molecule has 0 bridgehead atoms. The number of rotatable bonds is 7. The zero-order chi connectivity index (χ0) is 23.7. The average molecular weight is 459 g/mol. The summed E-state index contributed by atoms with van der Waals surface area (Å²) >= 11 is 0. The highest BCUT2D eigenvalue weighted by Gasteiger charge is 2.39. The van der Waals surface area contributed by atoms with Crippen LogP contribution in [-0.4, -0.2) is 28.3 Å². The maximum absolute atomic E-state index is 11.7. The normalized spacial score (nSPS) is 19.9. The van der Waals surface area contributed by atoms with Gasteiger partial charge in [-0.25, -0.2) is 0 Å². The van der Waals surface area contributed by atoms with Gasteiger partial charge in [0.15, 0.2) is 0 Å². The Morgan fingerprint density at radius 3 is 2.32 bits per heavy atom. The van der Waals surface area contributed by atoms with E-state index in [1.54, 1.807) is 6.07 Å². The van der Waals surface area contributed by atoms with E-state index < -0.39 is 6.23 Å². The molecule has 0 N–H and O–H groups in total. The highest BCUT2D eigenvalue weighted by Crippen LogP contribution is 2.37. The van der Waals surface area contributed by atoms with Crippen molar-refractivity contribution in [2.75, 3.05) is 6.61 Å². The van der Waals surface area contributed by atoms with Gasteiger partial charge in [-0.05, 0) is 44.2 Å². The van der Waals surface area contributed by atoms with Gasteiger partial charge in [-0.1, -0.05) is 47.5 Å². The summed E-state index contributed by atoms with van der Waals surface area (Å²) in [6, 6.07) is 22.7. The van der Waals surface area contributed by atoms with Gasteiger partial charge < -0.3 is 18.8 Å². The van der Waals surface area contributed by atoms with Gasteiger partial charge in [-0.15, -0.1) is 0 Å². The van der Waals surface area contributed by atoms with Crippen LogP contribution in [0.1, 0.15) is 23.8 Å². The summed E-state index contributed by atoms with van der Waals surface area (Å²) in [5.74, 6) is 1.51. The van der Waals surface area contributed by atoms with Gasteiger partial charge in [0.05, 0.1) is 4.92 Å². The Morgan fingerprint density at radius 1 is 0.971 bits per heavy atom. The Kier molecular flexibility index (Phi) is 5.94. The van der Waals surface area contributed by atoms with Crippen LogP contribution < -0.4 is 9.47 Å². The molecule has 0 aliphatic carbocycles. The SMILES string of the molecule is Cc1ccc(OC[C@H]2O[C@@H](n3ccc4cccc([N+](=O)[O-])c43)C[C@@H]2Oc2ccc(C)cc2)cc1. The van der Waals surface area contributed by atoms with E-state index in [-0.39, 0.29) is 22.8 Å². The number of aromatic nitrogens is 1. The van der Waals surface area contributed by atoms with Crippen LogP contribution in [0.3, 0.4) is 0 Å². The van der Waals surface area contributed by atoms with Crippen molar-refractivity contribution in [2.45, 2.75) is 38.7 Å². The maximum Gasteiger partial charge on any atom is 0.293 e. The summed E-state index contributed by atoms with van der Waals surface area (Å²) in [6.07, 6.45) is 1.33. The van der Waals surface area contributed by atoms with Crippen molar-refractivity contribution in [3.63, 3.8) is 0 Å². The van der Waals surface area contributed by atoms with Crippen LogP contribution in [0.15, 0.2) is 79.0 Å². The predicted molar refractivity (Wildman–Crippen MR) is 129 cm³/mol. The van der Waals surface area contributed by atoms with Crippen LogP contribution in [-0.2, 0) is 4.74 Å². The molecule has 4 aromatic rings. The first-order valence-electron chi connectivity index (χ1n) is 11.3. The van der Waals surface area contributed by atoms with Crippen LogP contribution in [0.4, 0.5) is 5.69 Å². The zero-order valence-corrected chi connectivity index (χ0v) is 19.1. The lowest BCUT2D eigenvalue weighted by Crippen LogP contribution is -2.32.